The Balaban J connectivity index is 3.27. The van der Waals surface area contributed by atoms with Crippen LogP contribution in [0.25, 0.3) is 0 Å². The van der Waals surface area contributed by atoms with Crippen LogP contribution in [0.1, 0.15) is 0 Å². The summed E-state index contributed by atoms with van der Waals surface area (Å²) in [6.07, 6.45) is 0. The molecule has 1 radical (unpaired) electrons. The number of hydrogen-bond donors (Lipinski definition) is 0. The lowest BCUT2D eigenvalue weighted by Gasteiger charge is -1.92. The van der Waals surface area contributed by atoms with Crippen molar-refractivity contribution in [1.29, 1.82) is 0 Å². The van der Waals surface area contributed by atoms with E-state index in [4.69, 9.17) is 0 Å². The summed E-state index contributed by atoms with van der Waals surface area (Å²) in [5.41, 5.74) is -1.65. The van der Waals surface area contributed by atoms with Crippen molar-refractivity contribution in [2.24, 2.45) is 0 Å². The first-order chi connectivity index (χ1) is 6.02. The largest absolute Gasteiger partial charge is 0.320 e. The first-order valence-corrected chi connectivity index (χ1v) is 3.03. The van der Waals surface area contributed by atoms with E-state index < -0.39 is 27.0 Å². The van der Waals surface area contributed by atoms with Gasteiger partial charge in [-0.1, -0.05) is 0 Å². The minimum absolute atomic E-state index is 0.631. The molecular formula is C6H2FN2O4. The maximum atomic E-state index is 12.6. The maximum Gasteiger partial charge on any atom is 0.320 e. The summed E-state index contributed by atoms with van der Waals surface area (Å²) in [4.78, 5) is 18.3. The second-order valence-corrected chi connectivity index (χ2v) is 2.05. The normalized spacial score (nSPS) is 9.62. The molecular weight excluding hydrogens is 183 g/mol. The van der Waals surface area contributed by atoms with Crippen LogP contribution in [0.3, 0.4) is 0 Å². The zero-order valence-corrected chi connectivity index (χ0v) is 6.06. The quantitative estimate of drug-likeness (QED) is 0.515. The molecule has 1 aromatic rings. The third-order valence-corrected chi connectivity index (χ3v) is 1.24. The molecule has 13 heavy (non-hydrogen) atoms. The van der Waals surface area contributed by atoms with Gasteiger partial charge < -0.3 is 0 Å². The minimum Gasteiger partial charge on any atom is -0.258 e. The molecule has 7 heteroatoms. The second kappa shape index (κ2) is 3.13. The highest BCUT2D eigenvalue weighted by molar-refractivity contribution is 5.41. The maximum absolute atomic E-state index is 12.6. The number of rotatable bonds is 2. The second-order valence-electron chi connectivity index (χ2n) is 2.05. The predicted octanol–water partition coefficient (Wildman–Crippen LogP) is 1.44. The van der Waals surface area contributed by atoms with Crippen LogP contribution in [-0.2, 0) is 0 Å². The summed E-state index contributed by atoms with van der Waals surface area (Å²) in [5.74, 6) is -1.14. The van der Waals surface area contributed by atoms with E-state index in [0.717, 1.165) is 6.07 Å². The average Bonchev–Trinajstić information content (AvgIpc) is 2.04. The molecule has 1 aromatic carbocycles. The van der Waals surface area contributed by atoms with Crippen molar-refractivity contribution in [3.63, 3.8) is 0 Å². The monoisotopic (exact) mass is 185 g/mol. The molecule has 0 aliphatic rings. The third-order valence-electron chi connectivity index (χ3n) is 1.24. The Labute approximate surface area is 70.9 Å². The van der Waals surface area contributed by atoms with Crippen LogP contribution in [0, 0.1) is 32.1 Å². The Morgan fingerprint density at radius 1 is 1.23 bits per heavy atom. The fourth-order valence-corrected chi connectivity index (χ4v) is 0.693. The summed E-state index contributed by atoms with van der Waals surface area (Å²) < 4.78 is 12.6. The standard InChI is InChI=1S/C6H2FN2O4/c7-5-2-1-4(8(10)11)3-6(5)9(12)13/h1-2H. The molecule has 0 aliphatic carbocycles. The van der Waals surface area contributed by atoms with Crippen LogP contribution in [0.2, 0.25) is 0 Å². The molecule has 0 spiro atoms. The van der Waals surface area contributed by atoms with Gasteiger partial charge in [0.15, 0.2) is 6.07 Å². The van der Waals surface area contributed by atoms with E-state index in [2.05, 4.69) is 0 Å². The van der Waals surface area contributed by atoms with E-state index in [-0.39, 0.29) is 0 Å². The summed E-state index contributed by atoms with van der Waals surface area (Å²) in [6, 6.07) is 3.21. The Bertz CT molecular complexity index is 379. The van der Waals surface area contributed by atoms with Crippen LogP contribution in [0.5, 0.6) is 0 Å². The summed E-state index contributed by atoms with van der Waals surface area (Å²) in [7, 11) is 0. The Morgan fingerprint density at radius 3 is 2.31 bits per heavy atom. The molecule has 6 nitrogen and oxygen atoms in total. The number of non-ortho nitro benzene ring substituents is 1. The van der Waals surface area contributed by atoms with Crippen molar-refractivity contribution in [1.82, 2.24) is 0 Å². The van der Waals surface area contributed by atoms with Crippen LogP contribution in [0.4, 0.5) is 15.8 Å². The zero-order valence-electron chi connectivity index (χ0n) is 6.06. The number of benzene rings is 1. The average molecular weight is 185 g/mol. The van der Waals surface area contributed by atoms with Crippen LogP contribution < -0.4 is 0 Å². The molecule has 0 fully saturated rings. The molecule has 0 aliphatic heterocycles. The van der Waals surface area contributed by atoms with E-state index >= 15 is 0 Å². The molecule has 0 bridgehead atoms. The fraction of sp³-hybridized carbons (Fsp3) is 0. The van der Waals surface area contributed by atoms with E-state index in [1.165, 1.54) is 0 Å². The highest BCUT2D eigenvalue weighted by Gasteiger charge is 2.19. The van der Waals surface area contributed by atoms with Crippen molar-refractivity contribution in [3.05, 3.63) is 44.2 Å². The molecule has 0 atom stereocenters. The SMILES string of the molecule is O=[N+]([O-])c1[c]c([N+](=O)[O-])c(F)cc1. The topological polar surface area (TPSA) is 86.3 Å². The van der Waals surface area contributed by atoms with Crippen molar-refractivity contribution in [2.45, 2.75) is 0 Å². The first kappa shape index (κ1) is 9.04. The third kappa shape index (κ3) is 1.75. The summed E-state index contributed by atoms with van der Waals surface area (Å²) in [5, 5.41) is 20.2. The van der Waals surface area contributed by atoms with Gasteiger partial charge in [-0.3, -0.25) is 20.2 Å². The van der Waals surface area contributed by atoms with Gasteiger partial charge in [0.25, 0.3) is 5.69 Å². The number of nitro benzene ring substituents is 2. The zero-order chi connectivity index (χ0) is 10.0. The lowest BCUT2D eigenvalue weighted by Crippen LogP contribution is -1.95. The van der Waals surface area contributed by atoms with Crippen LogP contribution in [0.15, 0.2) is 12.1 Å². The van der Waals surface area contributed by atoms with Crippen LogP contribution >= 0.6 is 0 Å². The Kier molecular flexibility index (Phi) is 2.18. The molecule has 0 N–H and O–H groups in total. The molecule has 0 amide bonds. The molecule has 1 rings (SSSR count). The highest BCUT2D eigenvalue weighted by atomic mass is 19.1. The van der Waals surface area contributed by atoms with Gasteiger partial charge in [0.05, 0.1) is 9.85 Å². The van der Waals surface area contributed by atoms with Gasteiger partial charge in [0, 0.05) is 6.07 Å². The van der Waals surface area contributed by atoms with E-state index in [9.17, 15) is 24.6 Å². The van der Waals surface area contributed by atoms with Gasteiger partial charge in [-0.25, -0.2) is 0 Å². The van der Waals surface area contributed by atoms with E-state index in [0.29, 0.717) is 6.07 Å². The Morgan fingerprint density at radius 2 is 1.85 bits per heavy atom. The number of hydrogen-bond acceptors (Lipinski definition) is 4. The smallest absolute Gasteiger partial charge is 0.258 e. The van der Waals surface area contributed by atoms with Gasteiger partial charge in [-0.05, 0) is 6.07 Å². The Hall–Kier alpha value is -2.05. The van der Waals surface area contributed by atoms with Crippen LogP contribution in [-0.4, -0.2) is 9.85 Å². The van der Waals surface area contributed by atoms with Crippen molar-refractivity contribution >= 4 is 11.4 Å². The van der Waals surface area contributed by atoms with Gasteiger partial charge in [-0.15, -0.1) is 0 Å². The molecule has 0 saturated heterocycles. The fourth-order valence-electron chi connectivity index (χ4n) is 0.693. The predicted molar refractivity (Wildman–Crippen MR) is 38.5 cm³/mol. The summed E-state index contributed by atoms with van der Waals surface area (Å²) >= 11 is 0. The van der Waals surface area contributed by atoms with E-state index in [1.54, 1.807) is 6.07 Å². The van der Waals surface area contributed by atoms with Gasteiger partial charge >= 0.3 is 5.69 Å². The first-order valence-electron chi connectivity index (χ1n) is 3.03. The molecule has 0 saturated carbocycles. The molecule has 0 aromatic heterocycles. The lowest BCUT2D eigenvalue weighted by atomic mass is 10.3. The lowest BCUT2D eigenvalue weighted by molar-refractivity contribution is -0.396. The molecule has 0 unspecified atom stereocenters. The number of nitro groups is 2. The number of halogens is 1. The molecule has 67 valence electrons. The van der Waals surface area contributed by atoms with Gasteiger partial charge in [0.1, 0.15) is 0 Å². The number of nitrogens with zero attached hydrogens (tertiary/aromatic N) is 2. The van der Waals surface area contributed by atoms with Crippen molar-refractivity contribution < 1.29 is 14.2 Å². The van der Waals surface area contributed by atoms with E-state index in [1.807, 2.05) is 0 Å². The van der Waals surface area contributed by atoms with Gasteiger partial charge in [-0.2, -0.15) is 4.39 Å². The minimum atomic E-state index is -1.14. The van der Waals surface area contributed by atoms with Gasteiger partial charge in [0.2, 0.25) is 5.82 Å². The molecule has 0 heterocycles. The van der Waals surface area contributed by atoms with Crippen molar-refractivity contribution in [3.8, 4) is 0 Å². The highest BCUT2D eigenvalue weighted by Crippen LogP contribution is 2.21. The van der Waals surface area contributed by atoms with Crippen molar-refractivity contribution in [2.75, 3.05) is 0 Å². The summed E-state index contributed by atoms with van der Waals surface area (Å²) in [6.45, 7) is 0.